The highest BCUT2D eigenvalue weighted by atomic mass is 35.5. The zero-order valence-corrected chi connectivity index (χ0v) is 11.9. The van der Waals surface area contributed by atoms with Gasteiger partial charge in [0, 0.05) is 10.4 Å². The number of nitrogens with two attached hydrogens (primary N) is 1. The van der Waals surface area contributed by atoms with E-state index in [1.54, 1.807) is 5.38 Å². The summed E-state index contributed by atoms with van der Waals surface area (Å²) in [5, 5.41) is 2.99. The first-order chi connectivity index (χ1) is 8.38. The Labute approximate surface area is 114 Å². The van der Waals surface area contributed by atoms with Crippen LogP contribution in [0.15, 0.2) is 28.5 Å². The lowest BCUT2D eigenvalue weighted by Crippen LogP contribution is -2.08. The van der Waals surface area contributed by atoms with Gasteiger partial charge in [0.25, 0.3) is 0 Å². The van der Waals surface area contributed by atoms with Crippen LogP contribution in [-0.4, -0.2) is 13.4 Å². The molecule has 0 saturated carbocycles. The van der Waals surface area contributed by atoms with Gasteiger partial charge >= 0.3 is 0 Å². The van der Waals surface area contributed by atoms with Crippen LogP contribution < -0.4 is 5.73 Å². The molecule has 0 spiro atoms. The van der Waals surface area contributed by atoms with Crippen LogP contribution in [0.25, 0.3) is 0 Å². The number of nitrogens with zero attached hydrogens (tertiary/aromatic N) is 1. The average Bonchev–Trinajstić information content (AvgIpc) is 2.62. The Hall–Kier alpha value is -1.11. The number of thiazole rings is 1. The number of halogens is 1. The van der Waals surface area contributed by atoms with Gasteiger partial charge in [-0.25, -0.2) is 13.4 Å². The van der Waals surface area contributed by atoms with Gasteiger partial charge in [-0.15, -0.1) is 11.3 Å². The second kappa shape index (κ2) is 4.87. The summed E-state index contributed by atoms with van der Waals surface area (Å²) in [7, 11) is -3.49. The highest BCUT2D eigenvalue weighted by molar-refractivity contribution is 7.90. The van der Waals surface area contributed by atoms with E-state index in [-0.39, 0.29) is 16.3 Å². The molecule has 96 valence electrons. The van der Waals surface area contributed by atoms with Crippen molar-refractivity contribution in [3.63, 3.8) is 0 Å². The van der Waals surface area contributed by atoms with Gasteiger partial charge in [0.1, 0.15) is 0 Å². The third-order valence-electron chi connectivity index (χ3n) is 2.31. The molecule has 0 aliphatic carbocycles. The first-order valence-corrected chi connectivity index (χ1v) is 7.98. The highest BCUT2D eigenvalue weighted by Crippen LogP contribution is 2.25. The van der Waals surface area contributed by atoms with Gasteiger partial charge < -0.3 is 5.73 Å². The fourth-order valence-corrected chi connectivity index (χ4v) is 3.83. The fraction of sp³-hybridized carbons (Fsp3) is 0.182. The number of benzene rings is 1. The molecule has 2 N–H and O–H groups in total. The van der Waals surface area contributed by atoms with Crippen LogP contribution in [0.5, 0.6) is 0 Å². The zero-order valence-electron chi connectivity index (χ0n) is 9.55. The quantitative estimate of drug-likeness (QED) is 0.885. The van der Waals surface area contributed by atoms with Gasteiger partial charge in [-0.1, -0.05) is 11.6 Å². The molecule has 0 amide bonds. The molecule has 0 aliphatic heterocycles. The fourth-order valence-electron chi connectivity index (χ4n) is 1.55. The molecule has 0 bridgehead atoms. The van der Waals surface area contributed by atoms with Crippen LogP contribution in [0.1, 0.15) is 10.7 Å². The molecule has 7 heteroatoms. The molecular formula is C11H11ClN2O2S2. The minimum Gasteiger partial charge on any atom is -0.398 e. The molecule has 4 nitrogen and oxygen atoms in total. The minimum absolute atomic E-state index is 0.0950. The standard InChI is InChI=1S/C11H11ClN2O2S2/c1-7-14-9(5-17-7)6-18(15,16)11-3-2-8(12)4-10(11)13/h2-5H,6,13H2,1H3. The smallest absolute Gasteiger partial charge is 0.186 e. The van der Waals surface area contributed by atoms with Crippen molar-refractivity contribution >= 4 is 38.5 Å². The van der Waals surface area contributed by atoms with Crippen molar-refractivity contribution in [2.75, 3.05) is 5.73 Å². The summed E-state index contributed by atoms with van der Waals surface area (Å²) in [4.78, 5) is 4.24. The Kier molecular flexibility index (Phi) is 3.61. The lowest BCUT2D eigenvalue weighted by molar-refractivity contribution is 0.595. The second-order valence-electron chi connectivity index (χ2n) is 3.80. The number of aromatic nitrogens is 1. The lowest BCUT2D eigenvalue weighted by Gasteiger charge is -2.06. The lowest BCUT2D eigenvalue weighted by atomic mass is 10.3. The SMILES string of the molecule is Cc1nc(CS(=O)(=O)c2ccc(Cl)cc2N)cs1. The summed E-state index contributed by atoms with van der Waals surface area (Å²) in [6.07, 6.45) is 0. The van der Waals surface area contributed by atoms with Crippen LogP contribution in [0.2, 0.25) is 5.02 Å². The number of nitrogen functional groups attached to an aromatic ring is 1. The maximum atomic E-state index is 12.2. The molecule has 0 aliphatic rings. The Morgan fingerprint density at radius 1 is 1.44 bits per heavy atom. The van der Waals surface area contributed by atoms with E-state index >= 15 is 0 Å². The number of hydrogen-bond acceptors (Lipinski definition) is 5. The third kappa shape index (κ3) is 2.82. The third-order valence-corrected chi connectivity index (χ3v) is 5.09. The van der Waals surface area contributed by atoms with Crippen molar-refractivity contribution in [1.82, 2.24) is 4.98 Å². The molecule has 0 fully saturated rings. The van der Waals surface area contributed by atoms with E-state index in [9.17, 15) is 8.42 Å². The largest absolute Gasteiger partial charge is 0.398 e. The van der Waals surface area contributed by atoms with Gasteiger partial charge in [0.15, 0.2) is 9.84 Å². The molecule has 0 saturated heterocycles. The highest BCUT2D eigenvalue weighted by Gasteiger charge is 2.19. The summed E-state index contributed by atoms with van der Waals surface area (Å²) in [6, 6.07) is 4.37. The van der Waals surface area contributed by atoms with Gasteiger partial charge in [-0.2, -0.15) is 0 Å². The summed E-state index contributed by atoms with van der Waals surface area (Å²) in [5.41, 5.74) is 6.38. The number of aryl methyl sites for hydroxylation is 1. The predicted molar refractivity (Wildman–Crippen MR) is 73.6 cm³/mol. The Balaban J connectivity index is 2.36. The normalized spacial score (nSPS) is 11.7. The Morgan fingerprint density at radius 3 is 2.72 bits per heavy atom. The number of anilines is 1. The molecule has 2 rings (SSSR count). The van der Waals surface area contributed by atoms with Crippen LogP contribution in [0.3, 0.4) is 0 Å². The summed E-state index contributed by atoms with van der Waals surface area (Å²) in [6.45, 7) is 1.83. The second-order valence-corrected chi connectivity index (χ2v) is 7.26. The average molecular weight is 303 g/mol. The molecule has 2 aromatic rings. The number of rotatable bonds is 3. The maximum Gasteiger partial charge on any atom is 0.186 e. The Bertz CT molecular complexity index is 680. The molecule has 18 heavy (non-hydrogen) atoms. The molecular weight excluding hydrogens is 292 g/mol. The van der Waals surface area contributed by atoms with Crippen molar-refractivity contribution in [1.29, 1.82) is 0 Å². The first kappa shape index (κ1) is 13.3. The molecule has 0 radical (unpaired) electrons. The first-order valence-electron chi connectivity index (χ1n) is 5.07. The summed E-state index contributed by atoms with van der Waals surface area (Å²) >= 11 is 7.16. The van der Waals surface area contributed by atoms with Gasteiger partial charge in [-0.3, -0.25) is 0 Å². The monoisotopic (exact) mass is 302 g/mol. The number of hydrogen-bond donors (Lipinski definition) is 1. The van der Waals surface area contributed by atoms with Crippen LogP contribution in [-0.2, 0) is 15.6 Å². The van der Waals surface area contributed by atoms with E-state index in [4.69, 9.17) is 17.3 Å². The molecule has 1 aromatic carbocycles. The van der Waals surface area contributed by atoms with Crippen molar-refractivity contribution in [2.45, 2.75) is 17.6 Å². The van der Waals surface area contributed by atoms with Crippen molar-refractivity contribution in [3.8, 4) is 0 Å². The topological polar surface area (TPSA) is 73.0 Å². The zero-order chi connectivity index (χ0) is 13.3. The van der Waals surface area contributed by atoms with E-state index in [0.717, 1.165) is 5.01 Å². The van der Waals surface area contributed by atoms with Crippen LogP contribution in [0, 0.1) is 6.92 Å². The van der Waals surface area contributed by atoms with E-state index < -0.39 is 9.84 Å². The van der Waals surface area contributed by atoms with Crippen LogP contribution >= 0.6 is 22.9 Å². The maximum absolute atomic E-state index is 12.2. The predicted octanol–water partition coefficient (Wildman–Crippen LogP) is 2.66. The van der Waals surface area contributed by atoms with E-state index in [2.05, 4.69) is 4.98 Å². The van der Waals surface area contributed by atoms with Gasteiger partial charge in [0.2, 0.25) is 0 Å². The van der Waals surface area contributed by atoms with Gasteiger partial charge in [-0.05, 0) is 25.1 Å². The minimum atomic E-state index is -3.49. The molecule has 1 aromatic heterocycles. The van der Waals surface area contributed by atoms with E-state index in [0.29, 0.717) is 10.7 Å². The Morgan fingerprint density at radius 2 is 2.17 bits per heavy atom. The van der Waals surface area contributed by atoms with Crippen molar-refractivity contribution in [2.24, 2.45) is 0 Å². The molecule has 0 atom stereocenters. The van der Waals surface area contributed by atoms with Crippen molar-refractivity contribution in [3.05, 3.63) is 39.3 Å². The van der Waals surface area contributed by atoms with Crippen molar-refractivity contribution < 1.29 is 8.42 Å². The number of sulfone groups is 1. The summed E-state index contributed by atoms with van der Waals surface area (Å²) in [5.74, 6) is -0.150. The van der Waals surface area contributed by atoms with Crippen LogP contribution in [0.4, 0.5) is 5.69 Å². The molecule has 1 heterocycles. The van der Waals surface area contributed by atoms with E-state index in [1.807, 2.05) is 6.92 Å². The molecule has 0 unspecified atom stereocenters. The van der Waals surface area contributed by atoms with Gasteiger partial charge in [0.05, 0.1) is 27.0 Å². The summed E-state index contributed by atoms with van der Waals surface area (Å²) < 4.78 is 24.4. The van der Waals surface area contributed by atoms with E-state index in [1.165, 1.54) is 29.5 Å².